The molecule has 2 heterocycles. The first-order valence-electron chi connectivity index (χ1n) is 8.73. The van der Waals surface area contributed by atoms with Crippen LogP contribution in [0.25, 0.3) is 0 Å². The lowest BCUT2D eigenvalue weighted by Crippen LogP contribution is -2.42. The van der Waals surface area contributed by atoms with Crippen LogP contribution in [0.15, 0.2) is 60.7 Å². The van der Waals surface area contributed by atoms with Gasteiger partial charge in [-0.25, -0.2) is 0 Å². The summed E-state index contributed by atoms with van der Waals surface area (Å²) >= 11 is 0. The smallest absolute Gasteiger partial charge is 0.184 e. The van der Waals surface area contributed by atoms with E-state index < -0.39 is 0 Å². The average Bonchev–Trinajstić information content (AvgIpc) is 3.18. The van der Waals surface area contributed by atoms with Crippen molar-refractivity contribution in [3.05, 3.63) is 71.8 Å². The molecule has 0 unspecified atom stereocenters. The van der Waals surface area contributed by atoms with E-state index in [1.54, 1.807) is 0 Å². The first-order valence-corrected chi connectivity index (χ1v) is 8.73. The number of benzene rings is 2. The van der Waals surface area contributed by atoms with Crippen molar-refractivity contribution in [1.82, 2.24) is 4.81 Å². The molecule has 2 fully saturated rings. The summed E-state index contributed by atoms with van der Waals surface area (Å²) in [5.41, 5.74) is 3.20. The first-order chi connectivity index (χ1) is 10.9. The van der Waals surface area contributed by atoms with Gasteiger partial charge in [0.2, 0.25) is 0 Å². The monoisotopic (exact) mass is 287 g/mol. The van der Waals surface area contributed by atoms with Crippen LogP contribution < -0.4 is 0 Å². The summed E-state index contributed by atoms with van der Waals surface area (Å²) in [6.45, 7) is 4.37. The fourth-order valence-corrected chi connectivity index (χ4v) is 5.02. The van der Waals surface area contributed by atoms with Gasteiger partial charge in [0.25, 0.3) is 0 Å². The SMILES string of the molecule is CBB1CC(c2ccccc2)(c2ccccc2)[C@@H]2CCCN12. The van der Waals surface area contributed by atoms with Gasteiger partial charge in [-0.3, -0.25) is 0 Å². The van der Waals surface area contributed by atoms with E-state index in [9.17, 15) is 0 Å². The van der Waals surface area contributed by atoms with Gasteiger partial charge < -0.3 is 4.81 Å². The molecular weight excluding hydrogens is 264 g/mol. The van der Waals surface area contributed by atoms with E-state index in [0.29, 0.717) is 6.04 Å². The minimum atomic E-state index is 0.180. The predicted octanol–water partition coefficient (Wildman–Crippen LogP) is 3.42. The maximum absolute atomic E-state index is 2.81. The number of rotatable bonds is 3. The van der Waals surface area contributed by atoms with E-state index in [1.165, 1.54) is 44.0 Å². The van der Waals surface area contributed by atoms with Gasteiger partial charge in [-0.05, 0) is 30.5 Å². The summed E-state index contributed by atoms with van der Waals surface area (Å²) in [7, 11) is 1.26. The molecule has 2 saturated heterocycles. The molecule has 2 aromatic carbocycles. The van der Waals surface area contributed by atoms with Crippen LogP contribution in [0.5, 0.6) is 0 Å². The number of nitrogens with zero attached hydrogens (tertiary/aromatic N) is 1. The Balaban J connectivity index is 1.90. The van der Waals surface area contributed by atoms with Gasteiger partial charge >= 0.3 is 0 Å². The molecule has 2 aromatic rings. The molecule has 2 aliphatic heterocycles. The summed E-state index contributed by atoms with van der Waals surface area (Å²) in [4.78, 5) is 2.81. The molecule has 110 valence electrons. The molecule has 1 nitrogen and oxygen atoms in total. The van der Waals surface area contributed by atoms with Crippen molar-refractivity contribution >= 4 is 13.9 Å². The summed E-state index contributed by atoms with van der Waals surface area (Å²) < 4.78 is 0. The van der Waals surface area contributed by atoms with Crippen molar-refractivity contribution < 1.29 is 0 Å². The third-order valence-electron chi connectivity index (χ3n) is 5.94. The highest BCUT2D eigenvalue weighted by molar-refractivity contribution is 7.11. The molecule has 0 radical (unpaired) electrons. The quantitative estimate of drug-likeness (QED) is 0.782. The topological polar surface area (TPSA) is 3.24 Å². The Morgan fingerprint density at radius 3 is 2.14 bits per heavy atom. The lowest BCUT2D eigenvalue weighted by Gasteiger charge is -2.37. The van der Waals surface area contributed by atoms with Gasteiger partial charge in [0.15, 0.2) is 6.74 Å². The van der Waals surface area contributed by atoms with Crippen LogP contribution in [0.3, 0.4) is 0 Å². The average molecular weight is 287 g/mol. The molecule has 2 aliphatic rings. The second-order valence-electron chi connectivity index (χ2n) is 6.87. The second-order valence-corrected chi connectivity index (χ2v) is 6.87. The van der Waals surface area contributed by atoms with Crippen molar-refractivity contribution in [3.63, 3.8) is 0 Å². The summed E-state index contributed by atoms with van der Waals surface area (Å²) in [6.07, 6.45) is 3.95. The van der Waals surface area contributed by atoms with Crippen molar-refractivity contribution in [1.29, 1.82) is 0 Å². The molecule has 22 heavy (non-hydrogen) atoms. The minimum absolute atomic E-state index is 0.180. The standard InChI is InChI=1S/C19H23B2N/c1-20-21-15-19(16-9-4-2-5-10-16,17-11-6-3-7-12-17)18-13-8-14-22(18)21/h2-7,9-12,18,20H,8,13-15H2,1H3/t18-/m0/s1. The van der Waals surface area contributed by atoms with Crippen LogP contribution in [-0.4, -0.2) is 31.3 Å². The molecule has 4 rings (SSSR count). The highest BCUT2D eigenvalue weighted by atomic mass is 15.2. The van der Waals surface area contributed by atoms with Crippen LogP contribution >= 0.6 is 0 Å². The Morgan fingerprint density at radius 1 is 1.00 bits per heavy atom. The summed E-state index contributed by atoms with van der Waals surface area (Å²) in [6, 6.07) is 23.2. The van der Waals surface area contributed by atoms with Crippen molar-refractivity contribution in [3.8, 4) is 0 Å². The van der Waals surface area contributed by atoms with E-state index >= 15 is 0 Å². The fraction of sp³-hybridized carbons (Fsp3) is 0.368. The third-order valence-corrected chi connectivity index (χ3v) is 5.94. The Bertz CT molecular complexity index is 589. The zero-order valence-electron chi connectivity index (χ0n) is 13.4. The fourth-order valence-electron chi connectivity index (χ4n) is 5.02. The van der Waals surface area contributed by atoms with Crippen molar-refractivity contribution in [2.75, 3.05) is 6.54 Å². The maximum atomic E-state index is 2.81. The number of hydrogen-bond donors (Lipinski definition) is 0. The molecule has 0 amide bonds. The van der Waals surface area contributed by atoms with Crippen LogP contribution in [0.4, 0.5) is 0 Å². The zero-order valence-corrected chi connectivity index (χ0v) is 13.4. The Hall–Kier alpha value is -1.47. The van der Waals surface area contributed by atoms with Gasteiger partial charge in [0.05, 0.1) is 0 Å². The normalized spacial score (nSPS) is 23.5. The van der Waals surface area contributed by atoms with E-state index in [0.717, 1.165) is 6.74 Å². The van der Waals surface area contributed by atoms with Gasteiger partial charge in [-0.2, -0.15) is 0 Å². The van der Waals surface area contributed by atoms with Crippen LogP contribution in [0.1, 0.15) is 24.0 Å². The van der Waals surface area contributed by atoms with Gasteiger partial charge in [0, 0.05) is 11.5 Å². The highest BCUT2D eigenvalue weighted by Gasteiger charge is 2.55. The van der Waals surface area contributed by atoms with E-state index in [4.69, 9.17) is 0 Å². The number of hydrogen-bond acceptors (Lipinski definition) is 1. The van der Waals surface area contributed by atoms with E-state index in [1.807, 2.05) is 0 Å². The highest BCUT2D eigenvalue weighted by Crippen LogP contribution is 2.51. The molecule has 3 heteroatoms. The summed E-state index contributed by atoms with van der Waals surface area (Å²) in [5, 5.41) is 0. The third kappa shape index (κ3) is 1.99. The molecular formula is C19H23B2N. The van der Waals surface area contributed by atoms with Crippen LogP contribution in [-0.2, 0) is 5.41 Å². The van der Waals surface area contributed by atoms with E-state index in [2.05, 4.69) is 72.3 Å². The molecule has 0 spiro atoms. The van der Waals surface area contributed by atoms with Crippen LogP contribution in [0.2, 0.25) is 13.1 Å². The van der Waals surface area contributed by atoms with Gasteiger partial charge in [0.1, 0.15) is 7.17 Å². The molecule has 0 N–H and O–H groups in total. The molecule has 1 atom stereocenters. The van der Waals surface area contributed by atoms with Crippen molar-refractivity contribution in [2.45, 2.75) is 37.4 Å². The van der Waals surface area contributed by atoms with Crippen LogP contribution in [0, 0.1) is 0 Å². The lowest BCUT2D eigenvalue weighted by atomic mass is 9.27. The maximum Gasteiger partial charge on any atom is 0.184 e. The lowest BCUT2D eigenvalue weighted by molar-refractivity contribution is 0.339. The second kappa shape index (κ2) is 5.62. The summed E-state index contributed by atoms with van der Waals surface area (Å²) in [5.74, 6) is 0. The minimum Gasteiger partial charge on any atom is -0.345 e. The molecule has 0 saturated carbocycles. The number of fused-ring (bicyclic) bond motifs is 1. The predicted molar refractivity (Wildman–Crippen MR) is 97.0 cm³/mol. The van der Waals surface area contributed by atoms with Crippen molar-refractivity contribution in [2.24, 2.45) is 0 Å². The first kappa shape index (κ1) is 14.1. The largest absolute Gasteiger partial charge is 0.345 e. The Morgan fingerprint density at radius 2 is 1.59 bits per heavy atom. The molecule has 0 bridgehead atoms. The Labute approximate surface area is 135 Å². The van der Waals surface area contributed by atoms with Gasteiger partial charge in [-0.15, -0.1) is 0 Å². The molecule has 0 aliphatic carbocycles. The van der Waals surface area contributed by atoms with E-state index in [-0.39, 0.29) is 5.41 Å². The molecule has 0 aromatic heterocycles. The zero-order chi connectivity index (χ0) is 15.0. The Kier molecular flexibility index (Phi) is 3.62. The van der Waals surface area contributed by atoms with Gasteiger partial charge in [-0.1, -0.05) is 73.8 Å².